The van der Waals surface area contributed by atoms with E-state index in [-0.39, 0.29) is 0 Å². The van der Waals surface area contributed by atoms with Crippen molar-refractivity contribution in [3.05, 3.63) is 222 Å². The van der Waals surface area contributed by atoms with Crippen LogP contribution in [0, 0.1) is 0 Å². The smallest absolute Gasteiger partial charge is 0.0713 e. The maximum absolute atomic E-state index is 3.76. The van der Waals surface area contributed by atoms with Gasteiger partial charge in [-0.3, -0.25) is 0 Å². The average molecular weight is 683 g/mol. The highest BCUT2D eigenvalue weighted by molar-refractivity contribution is 7.26. The van der Waals surface area contributed by atoms with E-state index in [0.29, 0.717) is 0 Å². The average Bonchev–Trinajstić information content (AvgIpc) is 3.74. The lowest BCUT2D eigenvalue weighted by molar-refractivity contribution is 0.768. The molecule has 0 spiro atoms. The number of fused-ring (bicyclic) bond motifs is 6. The van der Waals surface area contributed by atoms with E-state index >= 15 is 0 Å². The summed E-state index contributed by atoms with van der Waals surface area (Å²) in [6.07, 6.45) is 0. The van der Waals surface area contributed by atoms with Crippen LogP contribution < -0.4 is 10.2 Å². The second-order valence-corrected chi connectivity index (χ2v) is 14.5. The number of nitrogens with zero attached hydrogens (tertiary/aromatic N) is 1. The monoisotopic (exact) mass is 682 g/mol. The van der Waals surface area contributed by atoms with E-state index in [1.165, 1.54) is 59.2 Å². The summed E-state index contributed by atoms with van der Waals surface area (Å²) >= 11 is 1.85. The van der Waals surface area contributed by atoms with Gasteiger partial charge in [-0.2, -0.15) is 0 Å². The zero-order valence-electron chi connectivity index (χ0n) is 28.4. The summed E-state index contributed by atoms with van der Waals surface area (Å²) in [5.41, 5.74) is 13.0. The van der Waals surface area contributed by atoms with Crippen molar-refractivity contribution in [3.63, 3.8) is 0 Å². The number of nitrogens with one attached hydrogen (secondary N) is 1. The fourth-order valence-corrected chi connectivity index (χ4v) is 9.44. The van der Waals surface area contributed by atoms with Crippen molar-refractivity contribution in [2.75, 3.05) is 10.2 Å². The van der Waals surface area contributed by atoms with Crippen molar-refractivity contribution >= 4 is 59.9 Å². The Kier molecular flexibility index (Phi) is 7.26. The Bertz CT molecular complexity index is 2610. The van der Waals surface area contributed by atoms with Crippen molar-refractivity contribution in [2.24, 2.45) is 0 Å². The summed E-state index contributed by atoms with van der Waals surface area (Å²) in [7, 11) is 0. The van der Waals surface area contributed by atoms with Gasteiger partial charge in [0.15, 0.2) is 0 Å². The highest BCUT2D eigenvalue weighted by Crippen LogP contribution is 2.56. The van der Waals surface area contributed by atoms with Crippen LogP contribution in [-0.4, -0.2) is 0 Å². The minimum absolute atomic E-state index is 0.402. The van der Waals surface area contributed by atoms with Crippen molar-refractivity contribution in [2.45, 2.75) is 5.41 Å². The lowest BCUT2D eigenvalue weighted by atomic mass is 9.68. The van der Waals surface area contributed by atoms with Crippen LogP contribution in [0.1, 0.15) is 22.3 Å². The molecule has 0 saturated heterocycles. The standard InChI is InChI=1S/C49H34N2S/c1-4-15-34(16-5-1)49(43-23-12-10-21-40(43)41-22-11-13-24-44(41)49)35-27-29-36(30-28-35)50-37-31-32-46-42(33-37)48-45(25-14-26-47(48)52-46)51(38-17-6-2-7-18-38)39-19-8-3-9-20-39/h1-33,50H. The number of rotatable bonds is 7. The molecule has 0 atom stereocenters. The van der Waals surface area contributed by atoms with Crippen LogP contribution >= 0.6 is 11.3 Å². The summed E-state index contributed by atoms with van der Waals surface area (Å²) in [4.78, 5) is 2.37. The van der Waals surface area contributed by atoms with Crippen molar-refractivity contribution in [1.29, 1.82) is 0 Å². The molecule has 1 aliphatic carbocycles. The molecular formula is C49H34N2S. The normalized spacial score (nSPS) is 12.8. The SMILES string of the molecule is c1ccc(N(c2ccccc2)c2cccc3sc4ccc(Nc5ccc(C6(c7ccccc7)c7ccccc7-c7ccccc76)cc5)cc4c23)cc1. The molecule has 0 fully saturated rings. The summed E-state index contributed by atoms with van der Waals surface area (Å²) in [5, 5.41) is 6.27. The molecule has 9 aromatic rings. The predicted octanol–water partition coefficient (Wildman–Crippen LogP) is 13.6. The minimum Gasteiger partial charge on any atom is -0.356 e. The topological polar surface area (TPSA) is 15.3 Å². The molecule has 246 valence electrons. The number of hydrogen-bond donors (Lipinski definition) is 1. The zero-order valence-corrected chi connectivity index (χ0v) is 29.2. The molecule has 0 radical (unpaired) electrons. The van der Waals surface area contributed by atoms with Gasteiger partial charge < -0.3 is 10.2 Å². The van der Waals surface area contributed by atoms with Gasteiger partial charge in [0.05, 0.1) is 11.1 Å². The van der Waals surface area contributed by atoms with Crippen LogP contribution in [0.5, 0.6) is 0 Å². The van der Waals surface area contributed by atoms with Gasteiger partial charge >= 0.3 is 0 Å². The van der Waals surface area contributed by atoms with Crippen LogP contribution in [0.2, 0.25) is 0 Å². The first kappa shape index (κ1) is 30.4. The number of thiophene rings is 1. The summed E-state index contributed by atoms with van der Waals surface area (Å²) in [6, 6.07) is 72.6. The third-order valence-corrected chi connectivity index (χ3v) is 11.6. The fourth-order valence-electron chi connectivity index (χ4n) is 8.34. The lowest BCUT2D eigenvalue weighted by Crippen LogP contribution is -2.28. The van der Waals surface area contributed by atoms with Crippen molar-refractivity contribution in [1.82, 2.24) is 0 Å². The maximum Gasteiger partial charge on any atom is 0.0713 e. The molecule has 0 aliphatic heterocycles. The molecule has 10 rings (SSSR count). The summed E-state index contributed by atoms with van der Waals surface area (Å²) in [6.45, 7) is 0. The molecule has 1 N–H and O–H groups in total. The van der Waals surface area contributed by atoms with E-state index in [4.69, 9.17) is 0 Å². The number of anilines is 5. The Morgan fingerprint density at radius 1 is 0.423 bits per heavy atom. The molecule has 0 bridgehead atoms. The first-order valence-corrected chi connectivity index (χ1v) is 18.6. The predicted molar refractivity (Wildman–Crippen MR) is 221 cm³/mol. The molecule has 0 saturated carbocycles. The Morgan fingerprint density at radius 2 is 0.962 bits per heavy atom. The summed E-state index contributed by atoms with van der Waals surface area (Å²) in [5.74, 6) is 0. The van der Waals surface area contributed by atoms with Gasteiger partial charge in [0.1, 0.15) is 0 Å². The molecule has 2 nitrogen and oxygen atoms in total. The fraction of sp³-hybridized carbons (Fsp3) is 0.0204. The van der Waals surface area contributed by atoms with Gasteiger partial charge in [0.2, 0.25) is 0 Å². The molecule has 3 heteroatoms. The van der Waals surface area contributed by atoms with Crippen LogP contribution in [-0.2, 0) is 5.41 Å². The Hall–Kier alpha value is -6.42. The maximum atomic E-state index is 3.76. The van der Waals surface area contributed by atoms with E-state index in [1.54, 1.807) is 0 Å². The van der Waals surface area contributed by atoms with E-state index in [1.807, 2.05) is 11.3 Å². The van der Waals surface area contributed by atoms with Gasteiger partial charge in [-0.15, -0.1) is 11.3 Å². The lowest BCUT2D eigenvalue weighted by Gasteiger charge is -2.34. The molecule has 52 heavy (non-hydrogen) atoms. The van der Waals surface area contributed by atoms with E-state index in [2.05, 4.69) is 210 Å². The van der Waals surface area contributed by atoms with Crippen molar-refractivity contribution in [3.8, 4) is 11.1 Å². The quantitative estimate of drug-likeness (QED) is 0.180. The molecule has 8 aromatic carbocycles. The molecule has 0 amide bonds. The van der Waals surface area contributed by atoms with Crippen LogP contribution in [0.15, 0.2) is 200 Å². The van der Waals surface area contributed by atoms with Crippen LogP contribution in [0.4, 0.5) is 28.4 Å². The Labute approximate surface area is 307 Å². The Morgan fingerprint density at radius 3 is 1.60 bits per heavy atom. The third kappa shape index (κ3) is 4.78. The van der Waals surface area contributed by atoms with Gasteiger partial charge in [-0.25, -0.2) is 0 Å². The second kappa shape index (κ2) is 12.4. The number of hydrogen-bond acceptors (Lipinski definition) is 3. The highest BCUT2D eigenvalue weighted by Gasteiger charge is 2.45. The van der Waals surface area contributed by atoms with Gasteiger partial charge in [0, 0.05) is 42.9 Å². The number of para-hydroxylation sites is 2. The molecule has 1 aromatic heterocycles. The zero-order chi connectivity index (χ0) is 34.5. The number of benzene rings is 8. The summed E-state index contributed by atoms with van der Waals surface area (Å²) < 4.78 is 2.54. The van der Waals surface area contributed by atoms with Gasteiger partial charge in [0.25, 0.3) is 0 Å². The molecule has 0 unspecified atom stereocenters. The molecular weight excluding hydrogens is 649 g/mol. The minimum atomic E-state index is -0.402. The Balaban J connectivity index is 1.06. The van der Waals surface area contributed by atoms with E-state index in [9.17, 15) is 0 Å². The van der Waals surface area contributed by atoms with E-state index < -0.39 is 5.41 Å². The van der Waals surface area contributed by atoms with E-state index in [0.717, 1.165) is 22.7 Å². The van der Waals surface area contributed by atoms with Gasteiger partial charge in [-0.05, 0) is 100 Å². The van der Waals surface area contributed by atoms with Gasteiger partial charge in [-0.1, -0.05) is 133 Å². The largest absolute Gasteiger partial charge is 0.356 e. The third-order valence-electron chi connectivity index (χ3n) is 10.5. The first-order chi connectivity index (χ1) is 25.8. The molecule has 1 aliphatic rings. The van der Waals surface area contributed by atoms with Crippen LogP contribution in [0.25, 0.3) is 31.3 Å². The van der Waals surface area contributed by atoms with Crippen LogP contribution in [0.3, 0.4) is 0 Å². The van der Waals surface area contributed by atoms with Crippen molar-refractivity contribution < 1.29 is 0 Å². The second-order valence-electron chi connectivity index (χ2n) is 13.4. The first-order valence-electron chi connectivity index (χ1n) is 17.8. The molecule has 1 heterocycles. The highest BCUT2D eigenvalue weighted by atomic mass is 32.1.